The molecule has 0 aliphatic heterocycles. The Morgan fingerprint density at radius 3 is 2.33 bits per heavy atom. The maximum Gasteiger partial charge on any atom is 0.227 e. The normalized spacial score (nSPS) is 10.1. The minimum atomic E-state index is 0. The summed E-state index contributed by atoms with van der Waals surface area (Å²) in [6.07, 6.45) is 3.88. The maximum atomic E-state index is 12.3. The summed E-state index contributed by atoms with van der Waals surface area (Å²) >= 11 is 0. The molecular formula is C18H17BrNO+. The average molecular weight is 343 g/mol. The SMILES string of the molecule is Br.Cc1cc[n+](CC(=O)c2ccc3ccccc3c2)cc1. The van der Waals surface area contributed by atoms with Crippen molar-refractivity contribution in [3.05, 3.63) is 78.1 Å². The van der Waals surface area contributed by atoms with Crippen molar-refractivity contribution >= 4 is 33.5 Å². The molecule has 2 nitrogen and oxygen atoms in total. The lowest BCUT2D eigenvalue weighted by Gasteiger charge is -2.01. The third-order valence-corrected chi connectivity index (χ3v) is 3.46. The van der Waals surface area contributed by atoms with Crippen molar-refractivity contribution in [3.8, 4) is 0 Å². The zero-order valence-electron chi connectivity index (χ0n) is 11.8. The van der Waals surface area contributed by atoms with Gasteiger partial charge in [0.15, 0.2) is 12.4 Å². The van der Waals surface area contributed by atoms with Gasteiger partial charge in [-0.05, 0) is 29.3 Å². The van der Waals surface area contributed by atoms with Gasteiger partial charge in [-0.15, -0.1) is 17.0 Å². The molecule has 0 aliphatic rings. The molecule has 0 unspecified atom stereocenters. The molecule has 0 N–H and O–H groups in total. The van der Waals surface area contributed by atoms with E-state index in [9.17, 15) is 4.79 Å². The van der Waals surface area contributed by atoms with Crippen LogP contribution in [-0.2, 0) is 6.54 Å². The molecular weight excluding hydrogens is 326 g/mol. The molecule has 3 heteroatoms. The molecule has 1 aromatic heterocycles. The van der Waals surface area contributed by atoms with Crippen LogP contribution >= 0.6 is 17.0 Å². The number of carbonyl (C=O) groups excluding carboxylic acids is 1. The molecule has 3 aromatic rings. The van der Waals surface area contributed by atoms with E-state index in [4.69, 9.17) is 0 Å². The summed E-state index contributed by atoms with van der Waals surface area (Å²) < 4.78 is 1.91. The summed E-state index contributed by atoms with van der Waals surface area (Å²) in [5.74, 6) is 0.129. The van der Waals surface area contributed by atoms with Gasteiger partial charge in [0, 0.05) is 17.7 Å². The zero-order valence-corrected chi connectivity index (χ0v) is 13.5. The highest BCUT2D eigenvalue weighted by atomic mass is 79.9. The number of ketones is 1. The fraction of sp³-hybridized carbons (Fsp3) is 0.111. The predicted octanol–water partition coefficient (Wildman–Crippen LogP) is 3.90. The minimum Gasteiger partial charge on any atom is -0.287 e. The first-order valence-corrected chi connectivity index (χ1v) is 6.70. The summed E-state index contributed by atoms with van der Waals surface area (Å²) in [7, 11) is 0. The highest BCUT2D eigenvalue weighted by molar-refractivity contribution is 8.93. The van der Waals surface area contributed by atoms with E-state index >= 15 is 0 Å². The summed E-state index contributed by atoms with van der Waals surface area (Å²) in [4.78, 5) is 12.3. The monoisotopic (exact) mass is 342 g/mol. The number of rotatable bonds is 3. The van der Waals surface area contributed by atoms with Crippen LogP contribution < -0.4 is 4.57 Å². The number of hydrogen-bond donors (Lipinski definition) is 0. The highest BCUT2D eigenvalue weighted by Gasteiger charge is 2.12. The van der Waals surface area contributed by atoms with Crippen LogP contribution in [0, 0.1) is 6.92 Å². The maximum absolute atomic E-state index is 12.3. The van der Waals surface area contributed by atoms with Gasteiger partial charge in [-0.2, -0.15) is 4.57 Å². The van der Waals surface area contributed by atoms with Crippen molar-refractivity contribution in [2.75, 3.05) is 0 Å². The Bertz CT molecular complexity index is 766. The molecule has 106 valence electrons. The molecule has 0 saturated heterocycles. The summed E-state index contributed by atoms with van der Waals surface area (Å²) in [5.41, 5.74) is 1.95. The van der Waals surface area contributed by atoms with Crippen molar-refractivity contribution in [3.63, 3.8) is 0 Å². The van der Waals surface area contributed by atoms with Gasteiger partial charge < -0.3 is 0 Å². The number of halogens is 1. The van der Waals surface area contributed by atoms with Gasteiger partial charge in [0.25, 0.3) is 0 Å². The van der Waals surface area contributed by atoms with Gasteiger partial charge in [0.1, 0.15) is 0 Å². The second-order valence-electron chi connectivity index (χ2n) is 5.03. The predicted molar refractivity (Wildman–Crippen MR) is 90.0 cm³/mol. The van der Waals surface area contributed by atoms with Crippen LogP contribution in [-0.4, -0.2) is 5.78 Å². The highest BCUT2D eigenvalue weighted by Crippen LogP contribution is 2.15. The molecule has 21 heavy (non-hydrogen) atoms. The van der Waals surface area contributed by atoms with Crippen LogP contribution in [0.5, 0.6) is 0 Å². The molecule has 0 amide bonds. The first-order valence-electron chi connectivity index (χ1n) is 6.70. The Kier molecular flexibility index (Phi) is 4.86. The molecule has 1 heterocycles. The van der Waals surface area contributed by atoms with Gasteiger partial charge in [0.2, 0.25) is 12.3 Å². The van der Waals surface area contributed by atoms with E-state index in [1.807, 2.05) is 72.4 Å². The number of aryl methyl sites for hydroxylation is 1. The topological polar surface area (TPSA) is 20.9 Å². The second kappa shape index (κ2) is 6.64. The van der Waals surface area contributed by atoms with Crippen LogP contribution in [0.2, 0.25) is 0 Å². The number of Topliss-reactive ketones (excluding diaryl/α,β-unsaturated/α-hetero) is 1. The summed E-state index contributed by atoms with van der Waals surface area (Å²) in [6, 6.07) is 18.0. The van der Waals surface area contributed by atoms with Crippen molar-refractivity contribution in [1.29, 1.82) is 0 Å². The molecule has 0 atom stereocenters. The fourth-order valence-electron chi connectivity index (χ4n) is 2.26. The lowest BCUT2D eigenvalue weighted by molar-refractivity contribution is -0.683. The van der Waals surface area contributed by atoms with Gasteiger partial charge in [-0.1, -0.05) is 36.4 Å². The lowest BCUT2D eigenvalue weighted by Crippen LogP contribution is -2.37. The molecule has 0 radical (unpaired) electrons. The minimum absolute atomic E-state index is 0. The van der Waals surface area contributed by atoms with E-state index in [0.717, 1.165) is 16.3 Å². The number of fused-ring (bicyclic) bond motifs is 1. The molecule has 0 spiro atoms. The van der Waals surface area contributed by atoms with Crippen LogP contribution in [0.3, 0.4) is 0 Å². The first kappa shape index (κ1) is 15.4. The van der Waals surface area contributed by atoms with Gasteiger partial charge in [-0.25, -0.2) is 0 Å². The van der Waals surface area contributed by atoms with E-state index in [-0.39, 0.29) is 22.8 Å². The third kappa shape index (κ3) is 3.56. The Morgan fingerprint density at radius 1 is 0.952 bits per heavy atom. The molecule has 0 saturated carbocycles. The van der Waals surface area contributed by atoms with Crippen LogP contribution in [0.15, 0.2) is 67.0 Å². The van der Waals surface area contributed by atoms with Gasteiger partial charge in [0.05, 0.1) is 0 Å². The van der Waals surface area contributed by atoms with E-state index in [2.05, 4.69) is 6.07 Å². The van der Waals surface area contributed by atoms with Crippen molar-refractivity contribution < 1.29 is 9.36 Å². The number of aromatic nitrogens is 1. The van der Waals surface area contributed by atoms with Crippen molar-refractivity contribution in [2.45, 2.75) is 13.5 Å². The number of nitrogens with zero attached hydrogens (tertiary/aromatic N) is 1. The Hall–Kier alpha value is -2.00. The third-order valence-electron chi connectivity index (χ3n) is 3.46. The first-order chi connectivity index (χ1) is 9.72. The van der Waals surface area contributed by atoms with Crippen molar-refractivity contribution in [1.82, 2.24) is 0 Å². The van der Waals surface area contributed by atoms with Crippen molar-refractivity contribution in [2.24, 2.45) is 0 Å². The lowest BCUT2D eigenvalue weighted by atomic mass is 10.0. The molecule has 0 aliphatic carbocycles. The van der Waals surface area contributed by atoms with E-state index in [0.29, 0.717) is 6.54 Å². The van der Waals surface area contributed by atoms with Crippen LogP contribution in [0.4, 0.5) is 0 Å². The number of pyridine rings is 1. The largest absolute Gasteiger partial charge is 0.287 e. The van der Waals surface area contributed by atoms with Gasteiger partial charge >= 0.3 is 0 Å². The van der Waals surface area contributed by atoms with Crippen LogP contribution in [0.25, 0.3) is 10.8 Å². The number of hydrogen-bond acceptors (Lipinski definition) is 1. The molecule has 3 rings (SSSR count). The molecule has 0 fully saturated rings. The molecule has 2 aromatic carbocycles. The van der Waals surface area contributed by atoms with Gasteiger partial charge in [-0.3, -0.25) is 4.79 Å². The van der Waals surface area contributed by atoms with E-state index in [1.54, 1.807) is 0 Å². The second-order valence-corrected chi connectivity index (χ2v) is 5.03. The fourth-order valence-corrected chi connectivity index (χ4v) is 2.26. The number of carbonyl (C=O) groups is 1. The summed E-state index contributed by atoms with van der Waals surface area (Å²) in [6.45, 7) is 2.41. The quantitative estimate of drug-likeness (QED) is 0.522. The van der Waals surface area contributed by atoms with E-state index in [1.165, 1.54) is 5.56 Å². The zero-order chi connectivity index (χ0) is 13.9. The molecule has 0 bridgehead atoms. The Balaban J connectivity index is 0.00000161. The Labute approximate surface area is 134 Å². The average Bonchev–Trinajstić information content (AvgIpc) is 2.49. The Morgan fingerprint density at radius 2 is 1.62 bits per heavy atom. The summed E-state index contributed by atoms with van der Waals surface area (Å²) in [5, 5.41) is 2.26. The smallest absolute Gasteiger partial charge is 0.227 e. The van der Waals surface area contributed by atoms with E-state index < -0.39 is 0 Å². The van der Waals surface area contributed by atoms with Crippen LogP contribution in [0.1, 0.15) is 15.9 Å². The number of benzene rings is 2. The standard InChI is InChI=1S/C18H16NO.BrH/c1-14-8-10-19(11-9-14)13-18(20)17-7-6-15-4-2-3-5-16(15)12-17;/h2-12H,13H2,1H3;1H/q+1;.